The second-order valence-corrected chi connectivity index (χ2v) is 5.55. The largest absolute Gasteiger partial charge is 0.317 e. The Morgan fingerprint density at radius 3 is 2.48 bits per heavy atom. The number of nitrogens with one attached hydrogen (secondary N) is 1. The molecule has 0 radical (unpaired) electrons. The van der Waals surface area contributed by atoms with Gasteiger partial charge in [-0.25, -0.2) is 0 Å². The second-order valence-electron chi connectivity index (χ2n) is 4.74. The Balaban J connectivity index is 2.20. The van der Waals surface area contributed by atoms with Gasteiger partial charge in [-0.15, -0.1) is 0 Å². The number of anilines is 1. The molecule has 0 spiro atoms. The van der Waals surface area contributed by atoms with Crippen LogP contribution in [0.5, 0.6) is 0 Å². The molecule has 0 saturated carbocycles. The van der Waals surface area contributed by atoms with Crippen LogP contribution in [0.25, 0.3) is 6.08 Å². The Morgan fingerprint density at radius 1 is 1.22 bits per heavy atom. The molecule has 1 amide bonds. The summed E-state index contributed by atoms with van der Waals surface area (Å²) in [5.74, 6) is -0.520. The first-order valence-corrected chi connectivity index (χ1v) is 7.32. The summed E-state index contributed by atoms with van der Waals surface area (Å²) in [6.07, 6.45) is 2.68. The van der Waals surface area contributed by atoms with Crippen LogP contribution in [0.3, 0.4) is 0 Å². The minimum Gasteiger partial charge on any atom is -0.317 e. The van der Waals surface area contributed by atoms with E-state index in [0.717, 1.165) is 5.56 Å². The van der Waals surface area contributed by atoms with Crippen LogP contribution < -0.4 is 5.32 Å². The zero-order valence-corrected chi connectivity index (χ0v) is 13.6. The highest BCUT2D eigenvalue weighted by Gasteiger charge is 2.15. The predicted molar refractivity (Wildman–Crippen MR) is 92.0 cm³/mol. The molecule has 0 bridgehead atoms. The Bertz CT molecular complexity index is 784. The van der Waals surface area contributed by atoms with Crippen LogP contribution in [0.2, 0.25) is 10.0 Å². The van der Waals surface area contributed by atoms with Crippen LogP contribution in [0.4, 0.5) is 11.4 Å². The zero-order valence-electron chi connectivity index (χ0n) is 12.0. The number of nitro benzene ring substituents is 1. The zero-order chi connectivity index (χ0) is 17.0. The van der Waals surface area contributed by atoms with E-state index >= 15 is 0 Å². The average Bonchev–Trinajstić information content (AvgIpc) is 2.48. The highest BCUT2D eigenvalue weighted by Crippen LogP contribution is 2.27. The van der Waals surface area contributed by atoms with E-state index in [2.05, 4.69) is 5.32 Å². The van der Waals surface area contributed by atoms with Gasteiger partial charge in [0, 0.05) is 27.8 Å². The lowest BCUT2D eigenvalue weighted by Crippen LogP contribution is -2.09. The molecule has 118 valence electrons. The minimum atomic E-state index is -0.544. The SMILES string of the molecule is Cc1ccc(NC(=O)C=Cc2c(Cl)cccc2Cl)c([N+](=O)[O-])c1. The molecule has 0 unspecified atom stereocenters. The maximum atomic E-state index is 12.0. The van der Waals surface area contributed by atoms with E-state index < -0.39 is 10.8 Å². The molecule has 0 heterocycles. The number of carbonyl (C=O) groups is 1. The summed E-state index contributed by atoms with van der Waals surface area (Å²) in [5, 5.41) is 14.3. The second kappa shape index (κ2) is 7.26. The lowest BCUT2D eigenvalue weighted by Gasteiger charge is -2.05. The summed E-state index contributed by atoms with van der Waals surface area (Å²) in [7, 11) is 0. The molecule has 0 atom stereocenters. The summed E-state index contributed by atoms with van der Waals surface area (Å²) in [5.41, 5.74) is 1.19. The molecule has 5 nitrogen and oxygen atoms in total. The topological polar surface area (TPSA) is 72.2 Å². The van der Waals surface area contributed by atoms with Crippen LogP contribution in [-0.2, 0) is 4.79 Å². The first-order chi connectivity index (χ1) is 10.9. The van der Waals surface area contributed by atoms with Crippen LogP contribution >= 0.6 is 23.2 Å². The Hall–Kier alpha value is -2.37. The smallest absolute Gasteiger partial charge is 0.293 e. The number of halogens is 2. The first-order valence-electron chi connectivity index (χ1n) is 6.56. The van der Waals surface area contributed by atoms with Crippen molar-refractivity contribution < 1.29 is 9.72 Å². The summed E-state index contributed by atoms with van der Waals surface area (Å²) < 4.78 is 0. The Morgan fingerprint density at radius 2 is 1.87 bits per heavy atom. The van der Waals surface area contributed by atoms with E-state index in [9.17, 15) is 14.9 Å². The highest BCUT2D eigenvalue weighted by atomic mass is 35.5. The molecule has 0 fully saturated rings. The molecule has 0 saturated heterocycles. The van der Waals surface area contributed by atoms with Crippen LogP contribution in [0.1, 0.15) is 11.1 Å². The lowest BCUT2D eigenvalue weighted by atomic mass is 10.2. The number of aryl methyl sites for hydroxylation is 1. The van der Waals surface area contributed by atoms with Crippen molar-refractivity contribution in [2.75, 3.05) is 5.32 Å². The molecule has 7 heteroatoms. The molecule has 0 aliphatic rings. The van der Waals surface area contributed by atoms with E-state index in [0.29, 0.717) is 15.6 Å². The van der Waals surface area contributed by atoms with Crippen molar-refractivity contribution in [3.63, 3.8) is 0 Å². The number of nitrogens with zero attached hydrogens (tertiary/aromatic N) is 1. The van der Waals surface area contributed by atoms with E-state index in [-0.39, 0.29) is 11.4 Å². The number of rotatable bonds is 4. The van der Waals surface area contributed by atoms with E-state index in [1.165, 1.54) is 24.3 Å². The number of hydrogen-bond donors (Lipinski definition) is 1. The summed E-state index contributed by atoms with van der Waals surface area (Å²) >= 11 is 12.0. The van der Waals surface area contributed by atoms with Crippen molar-refractivity contribution in [2.45, 2.75) is 6.92 Å². The van der Waals surface area contributed by atoms with Gasteiger partial charge < -0.3 is 5.32 Å². The number of hydrogen-bond acceptors (Lipinski definition) is 3. The van der Waals surface area contributed by atoms with Gasteiger partial charge in [0.2, 0.25) is 5.91 Å². The molecular formula is C16H12Cl2N2O3. The third-order valence-electron chi connectivity index (χ3n) is 3.01. The normalized spacial score (nSPS) is 10.7. The fourth-order valence-corrected chi connectivity index (χ4v) is 2.43. The maximum absolute atomic E-state index is 12.0. The van der Waals surface area contributed by atoms with Gasteiger partial charge >= 0.3 is 0 Å². The third-order valence-corrected chi connectivity index (χ3v) is 3.67. The molecule has 2 aromatic carbocycles. The third kappa shape index (κ3) is 4.31. The number of amides is 1. The lowest BCUT2D eigenvalue weighted by molar-refractivity contribution is -0.384. The molecule has 2 rings (SSSR count). The standard InChI is InChI=1S/C16H12Cl2N2O3/c1-10-5-7-14(15(9-10)20(22)23)19-16(21)8-6-11-12(17)3-2-4-13(11)18/h2-9H,1H3,(H,19,21). The van der Waals surface area contributed by atoms with Crippen LogP contribution in [0, 0.1) is 17.0 Å². The van der Waals surface area contributed by atoms with Gasteiger partial charge in [0.15, 0.2) is 0 Å². The van der Waals surface area contributed by atoms with Crippen molar-refractivity contribution in [3.8, 4) is 0 Å². The van der Waals surface area contributed by atoms with E-state index in [4.69, 9.17) is 23.2 Å². The minimum absolute atomic E-state index is 0.125. The number of benzene rings is 2. The van der Waals surface area contributed by atoms with Gasteiger partial charge in [-0.1, -0.05) is 35.3 Å². The van der Waals surface area contributed by atoms with Crippen molar-refractivity contribution in [2.24, 2.45) is 0 Å². The molecule has 23 heavy (non-hydrogen) atoms. The van der Waals surface area contributed by atoms with Gasteiger partial charge in [0.25, 0.3) is 5.69 Å². The summed E-state index contributed by atoms with van der Waals surface area (Å²) in [6.45, 7) is 1.73. The average molecular weight is 351 g/mol. The van der Waals surface area contributed by atoms with Gasteiger partial charge in [-0.2, -0.15) is 0 Å². The molecule has 0 aliphatic heterocycles. The molecule has 0 aromatic heterocycles. The summed E-state index contributed by atoms with van der Waals surface area (Å²) in [6, 6.07) is 9.55. The predicted octanol–water partition coefficient (Wildman–Crippen LogP) is 4.86. The van der Waals surface area contributed by atoms with Crippen molar-refractivity contribution in [3.05, 3.63) is 73.8 Å². The fraction of sp³-hybridized carbons (Fsp3) is 0.0625. The quantitative estimate of drug-likeness (QED) is 0.486. The van der Waals surface area contributed by atoms with Gasteiger partial charge in [-0.05, 0) is 36.8 Å². The maximum Gasteiger partial charge on any atom is 0.293 e. The fourth-order valence-electron chi connectivity index (χ4n) is 1.90. The van der Waals surface area contributed by atoms with Crippen LogP contribution in [-0.4, -0.2) is 10.8 Å². The monoisotopic (exact) mass is 350 g/mol. The molecule has 1 N–H and O–H groups in total. The first kappa shape index (κ1) is 17.0. The van der Waals surface area contributed by atoms with Gasteiger partial charge in [0.1, 0.15) is 5.69 Å². The number of nitro groups is 1. The van der Waals surface area contributed by atoms with Gasteiger partial charge in [0.05, 0.1) is 4.92 Å². The van der Waals surface area contributed by atoms with Crippen molar-refractivity contribution >= 4 is 46.6 Å². The highest BCUT2D eigenvalue weighted by molar-refractivity contribution is 6.37. The van der Waals surface area contributed by atoms with Gasteiger partial charge in [-0.3, -0.25) is 14.9 Å². The molecular weight excluding hydrogens is 339 g/mol. The molecule has 0 aliphatic carbocycles. The Labute approximate surface area is 142 Å². The van der Waals surface area contributed by atoms with Crippen molar-refractivity contribution in [1.29, 1.82) is 0 Å². The van der Waals surface area contributed by atoms with Crippen LogP contribution in [0.15, 0.2) is 42.5 Å². The molecule has 2 aromatic rings. The number of carbonyl (C=O) groups excluding carboxylic acids is 1. The summed E-state index contributed by atoms with van der Waals surface area (Å²) in [4.78, 5) is 22.4. The van der Waals surface area contributed by atoms with E-state index in [1.807, 2.05) is 0 Å². The van der Waals surface area contributed by atoms with Crippen molar-refractivity contribution in [1.82, 2.24) is 0 Å². The van der Waals surface area contributed by atoms with E-state index in [1.54, 1.807) is 31.2 Å². The Kier molecular flexibility index (Phi) is 5.36.